The standard InChI is InChI=1S/C17H20ClNO3S/c18-13-8-6-12(7-9-13)16-19(14(10-23-16)17(21)22)15(20)11-4-2-1-3-5-11/h6-9,11,14,16H,1-5,10H2,(H,21,22). The van der Waals surface area contributed by atoms with Gasteiger partial charge in [-0.1, -0.05) is 43.0 Å². The zero-order valence-electron chi connectivity index (χ0n) is 12.8. The Morgan fingerprint density at radius 3 is 2.39 bits per heavy atom. The molecule has 1 aliphatic carbocycles. The smallest absolute Gasteiger partial charge is 0.327 e. The van der Waals surface area contributed by atoms with Crippen LogP contribution in [0.4, 0.5) is 0 Å². The van der Waals surface area contributed by atoms with Crippen LogP contribution in [-0.4, -0.2) is 33.7 Å². The second-order valence-electron chi connectivity index (χ2n) is 6.17. The molecule has 2 unspecified atom stereocenters. The van der Waals surface area contributed by atoms with Crippen LogP contribution in [0.3, 0.4) is 0 Å². The van der Waals surface area contributed by atoms with E-state index in [9.17, 15) is 14.7 Å². The molecule has 6 heteroatoms. The van der Waals surface area contributed by atoms with Gasteiger partial charge in [0, 0.05) is 16.7 Å². The average molecular weight is 354 g/mol. The second-order valence-corrected chi connectivity index (χ2v) is 7.72. The maximum Gasteiger partial charge on any atom is 0.327 e. The molecule has 0 spiro atoms. The number of hydrogen-bond acceptors (Lipinski definition) is 3. The van der Waals surface area contributed by atoms with Gasteiger partial charge in [-0.15, -0.1) is 11.8 Å². The maximum absolute atomic E-state index is 13.0. The summed E-state index contributed by atoms with van der Waals surface area (Å²) < 4.78 is 0. The third-order valence-corrected chi connectivity index (χ3v) is 6.22. The molecule has 2 fully saturated rings. The van der Waals surface area contributed by atoms with E-state index in [-0.39, 0.29) is 17.2 Å². The minimum atomic E-state index is -0.918. The van der Waals surface area contributed by atoms with E-state index in [4.69, 9.17) is 11.6 Å². The van der Waals surface area contributed by atoms with Crippen LogP contribution in [0.15, 0.2) is 24.3 Å². The van der Waals surface area contributed by atoms with Gasteiger partial charge < -0.3 is 10.0 Å². The molecule has 0 radical (unpaired) electrons. The monoisotopic (exact) mass is 353 g/mol. The first-order chi connectivity index (χ1) is 11.1. The lowest BCUT2D eigenvalue weighted by Gasteiger charge is -2.32. The summed E-state index contributed by atoms with van der Waals surface area (Å²) in [6.07, 6.45) is 5.03. The summed E-state index contributed by atoms with van der Waals surface area (Å²) in [5.41, 5.74) is 0.937. The van der Waals surface area contributed by atoms with Gasteiger partial charge in [-0.3, -0.25) is 4.79 Å². The van der Waals surface area contributed by atoms with E-state index < -0.39 is 12.0 Å². The van der Waals surface area contributed by atoms with Crippen LogP contribution in [0.5, 0.6) is 0 Å². The highest BCUT2D eigenvalue weighted by molar-refractivity contribution is 7.99. The van der Waals surface area contributed by atoms with E-state index in [0.29, 0.717) is 10.8 Å². The molecule has 1 aromatic carbocycles. The highest BCUT2D eigenvalue weighted by Gasteiger charge is 2.44. The fraction of sp³-hybridized carbons (Fsp3) is 0.529. The molecule has 4 nitrogen and oxygen atoms in total. The number of aliphatic carboxylic acids is 1. The minimum Gasteiger partial charge on any atom is -0.480 e. The summed E-state index contributed by atoms with van der Waals surface area (Å²) in [6, 6.07) is 6.59. The summed E-state index contributed by atoms with van der Waals surface area (Å²) in [7, 11) is 0. The van der Waals surface area contributed by atoms with Gasteiger partial charge in [0.25, 0.3) is 0 Å². The Kier molecular flexibility index (Phi) is 5.17. The van der Waals surface area contributed by atoms with Gasteiger partial charge in [-0.05, 0) is 30.5 Å². The Hall–Kier alpha value is -1.20. The van der Waals surface area contributed by atoms with Crippen LogP contribution in [0, 0.1) is 5.92 Å². The van der Waals surface area contributed by atoms with Crippen LogP contribution in [0.2, 0.25) is 5.02 Å². The molecule has 124 valence electrons. The van der Waals surface area contributed by atoms with E-state index in [1.54, 1.807) is 17.0 Å². The first-order valence-electron chi connectivity index (χ1n) is 8.00. The van der Waals surface area contributed by atoms with Crippen molar-refractivity contribution >= 4 is 35.2 Å². The van der Waals surface area contributed by atoms with Crippen molar-refractivity contribution in [2.24, 2.45) is 5.92 Å². The summed E-state index contributed by atoms with van der Waals surface area (Å²) in [6.45, 7) is 0. The number of benzene rings is 1. The zero-order chi connectivity index (χ0) is 16.4. The van der Waals surface area contributed by atoms with Gasteiger partial charge in [0.2, 0.25) is 5.91 Å². The van der Waals surface area contributed by atoms with Gasteiger partial charge in [0.1, 0.15) is 11.4 Å². The summed E-state index contributed by atoms with van der Waals surface area (Å²) in [4.78, 5) is 26.2. The summed E-state index contributed by atoms with van der Waals surface area (Å²) >= 11 is 7.46. The third kappa shape index (κ3) is 3.50. The van der Waals surface area contributed by atoms with E-state index in [1.165, 1.54) is 18.2 Å². The van der Waals surface area contributed by atoms with Crippen molar-refractivity contribution in [3.63, 3.8) is 0 Å². The second kappa shape index (κ2) is 7.14. The van der Waals surface area contributed by atoms with Gasteiger partial charge in [-0.2, -0.15) is 0 Å². The zero-order valence-corrected chi connectivity index (χ0v) is 14.4. The molecule has 0 bridgehead atoms. The molecule has 1 amide bonds. The topological polar surface area (TPSA) is 57.6 Å². The predicted molar refractivity (Wildman–Crippen MR) is 91.5 cm³/mol. The first-order valence-corrected chi connectivity index (χ1v) is 9.42. The fourth-order valence-electron chi connectivity index (χ4n) is 3.41. The molecule has 1 saturated heterocycles. The molecule has 0 aromatic heterocycles. The Balaban J connectivity index is 1.87. The normalized spacial score (nSPS) is 25.5. The van der Waals surface area contributed by atoms with Crippen molar-refractivity contribution < 1.29 is 14.7 Å². The molecule has 1 N–H and O–H groups in total. The highest BCUT2D eigenvalue weighted by atomic mass is 35.5. The lowest BCUT2D eigenvalue weighted by molar-refractivity contribution is -0.151. The average Bonchev–Trinajstić information content (AvgIpc) is 3.01. The van der Waals surface area contributed by atoms with Crippen molar-refractivity contribution in [3.05, 3.63) is 34.9 Å². The predicted octanol–water partition coefficient (Wildman–Crippen LogP) is 3.95. The van der Waals surface area contributed by atoms with Crippen molar-refractivity contribution in [2.45, 2.75) is 43.5 Å². The molecule has 2 aliphatic rings. The van der Waals surface area contributed by atoms with Crippen LogP contribution in [0.25, 0.3) is 0 Å². The Bertz CT molecular complexity index is 586. The van der Waals surface area contributed by atoms with E-state index in [0.717, 1.165) is 31.2 Å². The molecule has 3 rings (SSSR count). The molecule has 2 atom stereocenters. The summed E-state index contributed by atoms with van der Waals surface area (Å²) in [5, 5.41) is 9.91. The Morgan fingerprint density at radius 1 is 1.13 bits per heavy atom. The lowest BCUT2D eigenvalue weighted by atomic mass is 9.88. The number of nitrogens with zero attached hydrogens (tertiary/aromatic N) is 1. The summed E-state index contributed by atoms with van der Waals surface area (Å²) in [5.74, 6) is -0.513. The molecular weight excluding hydrogens is 334 g/mol. The van der Waals surface area contributed by atoms with Gasteiger partial charge in [0.15, 0.2) is 0 Å². The SMILES string of the molecule is O=C(O)C1CSC(c2ccc(Cl)cc2)N1C(=O)C1CCCCC1. The maximum atomic E-state index is 13.0. The van der Waals surface area contributed by atoms with Crippen LogP contribution in [-0.2, 0) is 9.59 Å². The number of carboxylic acid groups (broad SMARTS) is 1. The first kappa shape index (κ1) is 16.7. The van der Waals surface area contributed by atoms with E-state index in [2.05, 4.69) is 0 Å². The minimum absolute atomic E-state index is 0.00190. The Morgan fingerprint density at radius 2 is 1.78 bits per heavy atom. The van der Waals surface area contributed by atoms with E-state index in [1.807, 2.05) is 12.1 Å². The Labute approximate surface area is 145 Å². The molecule has 1 heterocycles. The van der Waals surface area contributed by atoms with Crippen molar-refractivity contribution in [1.29, 1.82) is 0 Å². The number of thioether (sulfide) groups is 1. The van der Waals surface area contributed by atoms with Gasteiger partial charge in [-0.25, -0.2) is 4.79 Å². The van der Waals surface area contributed by atoms with Crippen molar-refractivity contribution in [2.75, 3.05) is 5.75 Å². The number of hydrogen-bond donors (Lipinski definition) is 1. The van der Waals surface area contributed by atoms with Gasteiger partial charge in [0.05, 0.1) is 0 Å². The number of carboxylic acids is 1. The quantitative estimate of drug-likeness (QED) is 0.893. The molecule has 1 aliphatic heterocycles. The molecular formula is C17H20ClNO3S. The molecule has 1 aromatic rings. The number of amides is 1. The number of rotatable bonds is 3. The van der Waals surface area contributed by atoms with Crippen LogP contribution < -0.4 is 0 Å². The fourth-order valence-corrected chi connectivity index (χ4v) is 4.97. The lowest BCUT2D eigenvalue weighted by Crippen LogP contribution is -2.46. The van der Waals surface area contributed by atoms with E-state index >= 15 is 0 Å². The number of carbonyl (C=O) groups excluding carboxylic acids is 1. The third-order valence-electron chi connectivity index (χ3n) is 4.65. The molecule has 23 heavy (non-hydrogen) atoms. The molecule has 1 saturated carbocycles. The highest BCUT2D eigenvalue weighted by Crippen LogP contribution is 2.43. The van der Waals surface area contributed by atoms with Crippen LogP contribution >= 0.6 is 23.4 Å². The van der Waals surface area contributed by atoms with Gasteiger partial charge >= 0.3 is 5.97 Å². The van der Waals surface area contributed by atoms with Crippen LogP contribution in [0.1, 0.15) is 43.0 Å². The van der Waals surface area contributed by atoms with Crippen molar-refractivity contribution in [1.82, 2.24) is 4.90 Å². The number of halogens is 1. The van der Waals surface area contributed by atoms with Crippen molar-refractivity contribution in [3.8, 4) is 0 Å². The largest absolute Gasteiger partial charge is 0.480 e. The number of carbonyl (C=O) groups is 2.